The summed E-state index contributed by atoms with van der Waals surface area (Å²) in [4.78, 5) is 46.4. The second-order valence-corrected chi connectivity index (χ2v) is 13.0. The average Bonchev–Trinajstić information content (AvgIpc) is 3.55. The molecule has 2 aromatic heterocycles. The van der Waals surface area contributed by atoms with Crippen molar-refractivity contribution in [2.24, 2.45) is 10.7 Å². The van der Waals surface area contributed by atoms with Gasteiger partial charge in [-0.1, -0.05) is 35.6 Å². The van der Waals surface area contributed by atoms with Gasteiger partial charge in [0, 0.05) is 52.3 Å². The molecule has 0 radical (unpaired) electrons. The molecule has 0 bridgehead atoms. The van der Waals surface area contributed by atoms with Gasteiger partial charge in [-0.2, -0.15) is 0 Å². The quantitative estimate of drug-likeness (QED) is 0.169. The lowest BCUT2D eigenvalue weighted by Gasteiger charge is -2.20. The minimum Gasteiger partial charge on any atom is -0.465 e. The SMILES string of the molecule is COC(=O)c1ccc(NC(=O)CCCN(C)C(=O)C[C@@H]2N=C(c3ccc(Cl)cc3)c3c(sc(C)c3C)-n3c(C)nnc32)cc1C#CCN.Cl. The highest BCUT2D eigenvalue weighted by atomic mass is 35.5. The molecule has 3 N–H and O–H groups in total. The molecule has 0 aliphatic carbocycles. The van der Waals surface area contributed by atoms with E-state index in [2.05, 4.69) is 41.2 Å². The number of amides is 2. The van der Waals surface area contributed by atoms with Gasteiger partial charge in [0.2, 0.25) is 11.8 Å². The van der Waals surface area contributed by atoms with Gasteiger partial charge in [-0.05, 0) is 63.1 Å². The number of rotatable bonds is 9. The van der Waals surface area contributed by atoms with Crippen molar-refractivity contribution in [2.75, 3.05) is 32.6 Å². The Morgan fingerprint density at radius 3 is 2.55 bits per heavy atom. The summed E-state index contributed by atoms with van der Waals surface area (Å²) in [6.07, 6.45) is 0.683. The van der Waals surface area contributed by atoms with Gasteiger partial charge in [-0.25, -0.2) is 4.79 Å². The van der Waals surface area contributed by atoms with Crippen LogP contribution in [-0.4, -0.2) is 70.4 Å². The number of esters is 1. The van der Waals surface area contributed by atoms with E-state index in [4.69, 9.17) is 27.1 Å². The maximum absolute atomic E-state index is 13.6. The zero-order valence-electron chi connectivity index (χ0n) is 27.8. The van der Waals surface area contributed by atoms with E-state index >= 15 is 0 Å². The molecule has 2 amide bonds. The maximum atomic E-state index is 13.6. The number of aliphatic imine (C=N–C) groups is 1. The summed E-state index contributed by atoms with van der Waals surface area (Å²) < 4.78 is 6.83. The van der Waals surface area contributed by atoms with Gasteiger partial charge < -0.3 is 20.7 Å². The molecular formula is C35H37Cl2N7O4S. The largest absolute Gasteiger partial charge is 0.465 e. The molecule has 1 aliphatic rings. The standard InChI is InChI=1S/C35H36ClN7O4S.ClH/c1-20-21(2)48-34-31(20)32(23-10-12-25(36)13-11-23)39-28(33-41-40-22(3)43(33)34)19-30(45)42(4)17-7-9-29(44)38-26-14-15-27(35(46)47-5)24(18-26)8-6-16-37;/h10-15,18,28H,7,9,16-17,19,37H2,1-5H3,(H,38,44);1H/t28-;/m0./s1. The van der Waals surface area contributed by atoms with Crippen LogP contribution in [0.1, 0.15) is 74.4 Å². The van der Waals surface area contributed by atoms with Crippen LogP contribution < -0.4 is 11.1 Å². The van der Waals surface area contributed by atoms with Crippen molar-refractivity contribution in [3.8, 4) is 16.8 Å². The molecule has 2 aromatic carbocycles. The first kappa shape index (κ1) is 37.3. The number of carbonyl (C=O) groups excluding carboxylic acids is 3. The van der Waals surface area contributed by atoms with Gasteiger partial charge in [-0.15, -0.1) is 33.9 Å². The first-order chi connectivity index (χ1) is 23.0. The molecular weight excluding hydrogens is 685 g/mol. The zero-order chi connectivity index (χ0) is 34.5. The number of nitrogens with zero attached hydrogens (tertiary/aromatic N) is 5. The van der Waals surface area contributed by atoms with E-state index in [1.807, 2.05) is 35.8 Å². The molecule has 0 spiro atoms. The van der Waals surface area contributed by atoms with Gasteiger partial charge in [0.25, 0.3) is 0 Å². The number of halogens is 2. The van der Waals surface area contributed by atoms with Crippen molar-refractivity contribution >= 4 is 64.5 Å². The third-order valence-electron chi connectivity index (χ3n) is 8.08. The van der Waals surface area contributed by atoms with E-state index in [0.717, 1.165) is 38.1 Å². The van der Waals surface area contributed by atoms with E-state index in [1.165, 1.54) is 7.11 Å². The first-order valence-electron chi connectivity index (χ1n) is 15.3. The van der Waals surface area contributed by atoms with Crippen LogP contribution in [0, 0.1) is 32.6 Å². The lowest BCUT2D eigenvalue weighted by atomic mass is 9.99. The second-order valence-electron chi connectivity index (χ2n) is 11.3. The minimum absolute atomic E-state index is 0. The molecule has 4 aromatic rings. The highest BCUT2D eigenvalue weighted by Gasteiger charge is 2.33. The number of benzene rings is 2. The van der Waals surface area contributed by atoms with E-state index in [-0.39, 0.29) is 49.2 Å². The lowest BCUT2D eigenvalue weighted by molar-refractivity contribution is -0.130. The normalized spacial score (nSPS) is 13.0. The topological polar surface area (TPSA) is 145 Å². The molecule has 1 aliphatic heterocycles. The van der Waals surface area contributed by atoms with Crippen molar-refractivity contribution < 1.29 is 19.1 Å². The fraction of sp³-hybridized carbons (Fsp3) is 0.314. The van der Waals surface area contributed by atoms with Crippen molar-refractivity contribution in [1.82, 2.24) is 19.7 Å². The maximum Gasteiger partial charge on any atom is 0.339 e. The summed E-state index contributed by atoms with van der Waals surface area (Å²) in [5, 5.41) is 13.3. The number of aryl methyl sites for hydroxylation is 2. The van der Waals surface area contributed by atoms with E-state index in [9.17, 15) is 14.4 Å². The number of carbonyl (C=O) groups is 3. The van der Waals surface area contributed by atoms with Crippen molar-refractivity contribution in [3.63, 3.8) is 0 Å². The van der Waals surface area contributed by atoms with Crippen LogP contribution in [0.3, 0.4) is 0 Å². The Kier molecular flexibility index (Phi) is 12.4. The van der Waals surface area contributed by atoms with Gasteiger partial charge in [0.15, 0.2) is 5.82 Å². The van der Waals surface area contributed by atoms with Gasteiger partial charge in [0.05, 0.1) is 31.4 Å². The molecule has 11 nitrogen and oxygen atoms in total. The molecule has 14 heteroatoms. The number of anilines is 1. The number of nitrogens with one attached hydrogen (secondary N) is 1. The van der Waals surface area contributed by atoms with Crippen LogP contribution in [0.4, 0.5) is 5.69 Å². The van der Waals surface area contributed by atoms with Crippen molar-refractivity contribution in [2.45, 2.75) is 46.1 Å². The Morgan fingerprint density at radius 1 is 1.12 bits per heavy atom. The Bertz CT molecular complexity index is 1980. The highest BCUT2D eigenvalue weighted by molar-refractivity contribution is 7.15. The van der Waals surface area contributed by atoms with Gasteiger partial charge in [-0.3, -0.25) is 19.1 Å². The number of thiophene rings is 1. The summed E-state index contributed by atoms with van der Waals surface area (Å²) in [5.74, 6) is 5.99. The summed E-state index contributed by atoms with van der Waals surface area (Å²) in [6, 6.07) is 11.7. The number of fused-ring (bicyclic) bond motifs is 3. The van der Waals surface area contributed by atoms with Crippen LogP contribution in [0.25, 0.3) is 5.00 Å². The summed E-state index contributed by atoms with van der Waals surface area (Å²) >= 11 is 7.87. The van der Waals surface area contributed by atoms with Crippen LogP contribution in [0.15, 0.2) is 47.5 Å². The molecule has 0 fully saturated rings. The summed E-state index contributed by atoms with van der Waals surface area (Å²) in [7, 11) is 3.01. The van der Waals surface area contributed by atoms with Gasteiger partial charge >= 0.3 is 5.97 Å². The molecule has 0 saturated heterocycles. The first-order valence-corrected chi connectivity index (χ1v) is 16.5. The highest BCUT2D eigenvalue weighted by Crippen LogP contribution is 2.39. The average molecular weight is 723 g/mol. The third-order valence-corrected chi connectivity index (χ3v) is 9.53. The van der Waals surface area contributed by atoms with Gasteiger partial charge in [0.1, 0.15) is 16.9 Å². The number of methoxy groups -OCH3 is 1. The zero-order valence-corrected chi connectivity index (χ0v) is 30.2. The van der Waals surface area contributed by atoms with Crippen LogP contribution >= 0.6 is 35.3 Å². The van der Waals surface area contributed by atoms with Crippen LogP contribution in [-0.2, 0) is 14.3 Å². The third kappa shape index (κ3) is 8.20. The number of hydrogen-bond donors (Lipinski definition) is 2. The van der Waals surface area contributed by atoms with Crippen molar-refractivity contribution in [3.05, 3.63) is 91.8 Å². The molecule has 1 atom stereocenters. The Labute approximate surface area is 300 Å². The predicted octanol–water partition coefficient (Wildman–Crippen LogP) is 5.59. The molecule has 3 heterocycles. The summed E-state index contributed by atoms with van der Waals surface area (Å²) in [5.41, 5.74) is 10.5. The molecule has 49 heavy (non-hydrogen) atoms. The molecule has 0 unspecified atom stereocenters. The Hall–Kier alpha value is -4.54. The Morgan fingerprint density at radius 2 is 1.86 bits per heavy atom. The molecule has 256 valence electrons. The van der Waals surface area contributed by atoms with Crippen molar-refractivity contribution in [1.29, 1.82) is 0 Å². The number of nitrogens with two attached hydrogens (primary N) is 1. The minimum atomic E-state index is -0.584. The number of aromatic nitrogens is 3. The second kappa shape index (κ2) is 16.2. The predicted molar refractivity (Wildman–Crippen MR) is 194 cm³/mol. The summed E-state index contributed by atoms with van der Waals surface area (Å²) in [6.45, 7) is 6.54. The molecule has 5 rings (SSSR count). The van der Waals surface area contributed by atoms with E-state index in [0.29, 0.717) is 35.1 Å². The smallest absolute Gasteiger partial charge is 0.339 e. The van der Waals surface area contributed by atoms with E-state index < -0.39 is 12.0 Å². The fourth-order valence-electron chi connectivity index (χ4n) is 5.44. The monoisotopic (exact) mass is 721 g/mol. The number of ether oxygens (including phenoxy) is 1. The lowest BCUT2D eigenvalue weighted by Crippen LogP contribution is -2.30. The Balaban J connectivity index is 0.00000541. The van der Waals surface area contributed by atoms with Crippen LogP contribution in [0.5, 0.6) is 0 Å². The number of hydrogen-bond acceptors (Lipinski definition) is 9. The van der Waals surface area contributed by atoms with Crippen LogP contribution in [0.2, 0.25) is 5.02 Å². The van der Waals surface area contributed by atoms with E-state index in [1.54, 1.807) is 41.5 Å². The molecule has 0 saturated carbocycles. The fourth-order valence-corrected chi connectivity index (χ4v) is 6.78.